The van der Waals surface area contributed by atoms with E-state index in [-0.39, 0.29) is 30.3 Å². The van der Waals surface area contributed by atoms with E-state index in [0.717, 1.165) is 6.07 Å². The van der Waals surface area contributed by atoms with Crippen LogP contribution in [0.15, 0.2) is 23.1 Å². The fraction of sp³-hybridized carbons (Fsp3) is 0.500. The predicted octanol–water partition coefficient (Wildman–Crippen LogP) is 2.01. The van der Waals surface area contributed by atoms with Crippen LogP contribution in [0.3, 0.4) is 0 Å². The normalized spacial score (nSPS) is 17.8. The van der Waals surface area contributed by atoms with Gasteiger partial charge in [0.1, 0.15) is 5.82 Å². The molecule has 1 aliphatic heterocycles. The van der Waals surface area contributed by atoms with Gasteiger partial charge in [0, 0.05) is 19.5 Å². The highest BCUT2D eigenvalue weighted by molar-refractivity contribution is 7.89. The van der Waals surface area contributed by atoms with E-state index in [2.05, 4.69) is 0 Å². The number of carboxylic acid groups (broad SMARTS) is 1. The van der Waals surface area contributed by atoms with Crippen LogP contribution in [0.25, 0.3) is 0 Å². The van der Waals surface area contributed by atoms with Crippen molar-refractivity contribution in [2.24, 2.45) is 5.92 Å². The van der Waals surface area contributed by atoms with Gasteiger partial charge in [-0.1, -0.05) is 6.07 Å². The smallest absolute Gasteiger partial charge is 0.303 e. The van der Waals surface area contributed by atoms with Crippen molar-refractivity contribution in [3.63, 3.8) is 0 Å². The van der Waals surface area contributed by atoms with Crippen molar-refractivity contribution in [2.45, 2.75) is 31.1 Å². The summed E-state index contributed by atoms with van der Waals surface area (Å²) < 4.78 is 39.7. The van der Waals surface area contributed by atoms with Crippen molar-refractivity contribution >= 4 is 16.0 Å². The summed E-state index contributed by atoms with van der Waals surface area (Å²) in [4.78, 5) is 10.7. The summed E-state index contributed by atoms with van der Waals surface area (Å²) in [5.74, 6) is -1.44. The lowest BCUT2D eigenvalue weighted by Crippen LogP contribution is -2.39. The second-order valence-electron chi connectivity index (χ2n) is 5.36. The molecule has 0 spiro atoms. The van der Waals surface area contributed by atoms with E-state index >= 15 is 0 Å². The predicted molar refractivity (Wildman–Crippen MR) is 74.9 cm³/mol. The number of hydrogen-bond acceptors (Lipinski definition) is 3. The Balaban J connectivity index is 2.15. The van der Waals surface area contributed by atoms with Gasteiger partial charge in [-0.05, 0) is 43.4 Å². The number of benzene rings is 1. The fourth-order valence-electron chi connectivity index (χ4n) is 2.59. The summed E-state index contributed by atoms with van der Waals surface area (Å²) >= 11 is 0. The van der Waals surface area contributed by atoms with Crippen LogP contribution >= 0.6 is 0 Å². The molecule has 5 nitrogen and oxygen atoms in total. The summed E-state index contributed by atoms with van der Waals surface area (Å²) in [5, 5.41) is 8.76. The molecular weight excluding hydrogens is 297 g/mol. The molecule has 21 heavy (non-hydrogen) atoms. The van der Waals surface area contributed by atoms with Crippen molar-refractivity contribution in [2.75, 3.05) is 13.1 Å². The van der Waals surface area contributed by atoms with Crippen LogP contribution in [0.1, 0.15) is 24.8 Å². The molecule has 0 amide bonds. The SMILES string of the molecule is Cc1ccc(F)cc1S(=O)(=O)N1CCC(CC(=O)O)CC1. The lowest BCUT2D eigenvalue weighted by Gasteiger charge is -2.30. The van der Waals surface area contributed by atoms with Crippen molar-refractivity contribution in [3.8, 4) is 0 Å². The van der Waals surface area contributed by atoms with Gasteiger partial charge in [0.2, 0.25) is 10.0 Å². The number of aryl methyl sites for hydroxylation is 1. The van der Waals surface area contributed by atoms with E-state index in [0.29, 0.717) is 18.4 Å². The summed E-state index contributed by atoms with van der Waals surface area (Å²) in [5.41, 5.74) is 0.504. The minimum absolute atomic E-state index is 0.00237. The Labute approximate surface area is 123 Å². The third-order valence-electron chi connectivity index (χ3n) is 3.80. The molecule has 1 aromatic rings. The third-order valence-corrected chi connectivity index (χ3v) is 5.85. The average Bonchev–Trinajstić information content (AvgIpc) is 2.41. The first kappa shape index (κ1) is 15.9. The van der Waals surface area contributed by atoms with Gasteiger partial charge >= 0.3 is 5.97 Å². The van der Waals surface area contributed by atoms with E-state index in [1.807, 2.05) is 0 Å². The Kier molecular flexibility index (Phi) is 4.63. The number of halogens is 1. The molecule has 0 saturated carbocycles. The highest BCUT2D eigenvalue weighted by atomic mass is 32.2. The Morgan fingerprint density at radius 1 is 1.38 bits per heavy atom. The standard InChI is InChI=1S/C14H18FNO4S/c1-10-2-3-12(15)9-13(10)21(19,20)16-6-4-11(5-7-16)8-14(17)18/h2-3,9,11H,4-8H2,1H3,(H,17,18). The Hall–Kier alpha value is -1.47. The van der Waals surface area contributed by atoms with Crippen LogP contribution in [0.5, 0.6) is 0 Å². The summed E-state index contributed by atoms with van der Waals surface area (Å²) in [6.45, 7) is 2.18. The van der Waals surface area contributed by atoms with Crippen LogP contribution in [0.2, 0.25) is 0 Å². The lowest BCUT2D eigenvalue weighted by molar-refractivity contribution is -0.138. The molecule has 1 N–H and O–H groups in total. The fourth-order valence-corrected chi connectivity index (χ4v) is 4.30. The molecule has 0 atom stereocenters. The lowest BCUT2D eigenvalue weighted by atomic mass is 9.95. The van der Waals surface area contributed by atoms with Crippen LogP contribution in [-0.2, 0) is 14.8 Å². The molecule has 0 aromatic heterocycles. The molecule has 1 fully saturated rings. The zero-order valence-corrected chi connectivity index (χ0v) is 12.6. The maximum atomic E-state index is 13.3. The first-order chi connectivity index (χ1) is 9.80. The second kappa shape index (κ2) is 6.11. The number of sulfonamides is 1. The maximum absolute atomic E-state index is 13.3. The zero-order chi connectivity index (χ0) is 15.6. The van der Waals surface area contributed by atoms with Crippen LogP contribution < -0.4 is 0 Å². The summed E-state index contributed by atoms with van der Waals surface area (Å²) in [6, 6.07) is 3.71. The molecule has 2 rings (SSSR count). The van der Waals surface area contributed by atoms with Gasteiger partial charge in [0.25, 0.3) is 0 Å². The van der Waals surface area contributed by atoms with Gasteiger partial charge in [0.15, 0.2) is 0 Å². The largest absolute Gasteiger partial charge is 0.481 e. The molecule has 7 heteroatoms. The molecule has 1 aliphatic rings. The van der Waals surface area contributed by atoms with E-state index in [1.54, 1.807) is 6.92 Å². The van der Waals surface area contributed by atoms with Gasteiger partial charge in [-0.15, -0.1) is 0 Å². The van der Waals surface area contributed by atoms with E-state index < -0.39 is 21.8 Å². The number of carboxylic acids is 1. The molecule has 1 aromatic carbocycles. The zero-order valence-electron chi connectivity index (χ0n) is 11.8. The number of piperidine rings is 1. The van der Waals surface area contributed by atoms with Gasteiger partial charge < -0.3 is 5.11 Å². The molecule has 1 heterocycles. The highest BCUT2D eigenvalue weighted by Crippen LogP contribution is 2.27. The van der Waals surface area contributed by atoms with E-state index in [1.165, 1.54) is 16.4 Å². The Morgan fingerprint density at radius 3 is 2.57 bits per heavy atom. The van der Waals surface area contributed by atoms with Gasteiger partial charge in [-0.2, -0.15) is 4.31 Å². The Morgan fingerprint density at radius 2 is 2.00 bits per heavy atom. The second-order valence-corrected chi connectivity index (χ2v) is 7.26. The molecule has 0 radical (unpaired) electrons. The summed E-state index contributed by atoms with van der Waals surface area (Å²) in [7, 11) is -3.72. The number of carbonyl (C=O) groups is 1. The van der Waals surface area contributed by atoms with Crippen molar-refractivity contribution in [3.05, 3.63) is 29.6 Å². The number of nitrogens with zero attached hydrogens (tertiary/aromatic N) is 1. The molecule has 0 bridgehead atoms. The van der Waals surface area contributed by atoms with Crippen molar-refractivity contribution in [1.29, 1.82) is 0 Å². The minimum Gasteiger partial charge on any atom is -0.481 e. The average molecular weight is 315 g/mol. The molecule has 116 valence electrons. The van der Waals surface area contributed by atoms with Crippen LogP contribution in [0, 0.1) is 18.7 Å². The van der Waals surface area contributed by atoms with Gasteiger partial charge in [-0.3, -0.25) is 4.79 Å². The van der Waals surface area contributed by atoms with Crippen molar-refractivity contribution < 1.29 is 22.7 Å². The highest BCUT2D eigenvalue weighted by Gasteiger charge is 2.31. The Bertz CT molecular complexity index is 636. The topological polar surface area (TPSA) is 74.7 Å². The third kappa shape index (κ3) is 3.59. The van der Waals surface area contributed by atoms with Crippen molar-refractivity contribution in [1.82, 2.24) is 4.31 Å². The van der Waals surface area contributed by atoms with Gasteiger partial charge in [0.05, 0.1) is 4.90 Å². The quantitative estimate of drug-likeness (QED) is 0.922. The molecular formula is C14H18FNO4S. The number of hydrogen-bond donors (Lipinski definition) is 1. The molecule has 1 saturated heterocycles. The number of rotatable bonds is 4. The van der Waals surface area contributed by atoms with Crippen LogP contribution in [-0.4, -0.2) is 36.9 Å². The maximum Gasteiger partial charge on any atom is 0.303 e. The first-order valence-corrected chi connectivity index (χ1v) is 8.23. The summed E-state index contributed by atoms with van der Waals surface area (Å²) in [6.07, 6.45) is 1.09. The van der Waals surface area contributed by atoms with E-state index in [4.69, 9.17) is 5.11 Å². The first-order valence-electron chi connectivity index (χ1n) is 6.79. The number of aliphatic carboxylic acids is 1. The molecule has 0 aliphatic carbocycles. The minimum atomic E-state index is -3.72. The molecule has 0 unspecified atom stereocenters. The van der Waals surface area contributed by atoms with Gasteiger partial charge in [-0.25, -0.2) is 12.8 Å². The van der Waals surface area contributed by atoms with Crippen LogP contribution in [0.4, 0.5) is 4.39 Å². The monoisotopic (exact) mass is 315 g/mol. The van der Waals surface area contributed by atoms with E-state index in [9.17, 15) is 17.6 Å².